The maximum absolute atomic E-state index is 13.2. The number of phosphoric ester groups is 2. The van der Waals surface area contributed by atoms with Gasteiger partial charge < -0.3 is 33.8 Å². The van der Waals surface area contributed by atoms with Crippen molar-refractivity contribution in [3.05, 3.63) is 0 Å². The van der Waals surface area contributed by atoms with Gasteiger partial charge in [0.15, 0.2) is 12.2 Å². The van der Waals surface area contributed by atoms with Crippen molar-refractivity contribution in [1.82, 2.24) is 0 Å². The smallest absolute Gasteiger partial charge is 0.462 e. The third-order valence-electron chi connectivity index (χ3n) is 21.1. The monoisotopic (exact) mass is 1590 g/mol. The predicted octanol–water partition coefficient (Wildman–Crippen LogP) is 27.5. The molecule has 17 nitrogen and oxygen atoms in total. The highest BCUT2D eigenvalue weighted by molar-refractivity contribution is 7.47. The summed E-state index contributed by atoms with van der Waals surface area (Å²) < 4.78 is 69.0. The Morgan fingerprint density at radius 3 is 0.569 bits per heavy atom. The molecular formula is C90H176O17P2. The van der Waals surface area contributed by atoms with Gasteiger partial charge in [-0.1, -0.05) is 421 Å². The van der Waals surface area contributed by atoms with Crippen LogP contribution in [0.1, 0.15) is 473 Å². The lowest BCUT2D eigenvalue weighted by Crippen LogP contribution is -2.30. The molecule has 0 aliphatic heterocycles. The summed E-state index contributed by atoms with van der Waals surface area (Å²) in [6, 6.07) is 0. The average molecular weight is 1590 g/mol. The lowest BCUT2D eigenvalue weighted by Gasteiger charge is -2.21. The molecule has 0 radical (unpaired) electrons. The second-order valence-corrected chi connectivity index (χ2v) is 37.2. The fraction of sp³-hybridized carbons (Fsp3) is 0.956. The standard InChI is InChI=1S/C90H176O17P2/c1-80(2)66-58-50-42-35-29-23-17-13-9-11-15-19-26-32-38-46-54-62-70-87(92)100-76-85(106-89(94)73-65-57-48-40-34-28-22-21-25-31-37-44-52-60-68-82(5)6)78-104-108(96,97)102-74-84(91)75-103-109(98,99)105-79-86(77-101-88(93)71-63-55-49-41-45-53-61-69-83(7)8)107-90(95)72-64-56-47-39-33-27-20-16-12-10-14-18-24-30-36-43-51-59-67-81(3)4/h80-86,91H,9-79H2,1-8H3,(H,96,97)(H,98,99)/t84?,85-,86-/m1/s1. The molecule has 0 aromatic rings. The Morgan fingerprint density at radius 1 is 0.229 bits per heavy atom. The minimum absolute atomic E-state index is 0.107. The normalized spacial score (nSPS) is 13.9. The molecule has 3 N–H and O–H groups in total. The van der Waals surface area contributed by atoms with Gasteiger partial charge in [0, 0.05) is 25.7 Å². The number of aliphatic hydroxyl groups excluding tert-OH is 1. The lowest BCUT2D eigenvalue weighted by atomic mass is 10.0. The van der Waals surface area contributed by atoms with Crippen LogP contribution in [-0.4, -0.2) is 96.7 Å². The summed E-state index contributed by atoms with van der Waals surface area (Å²) in [5, 5.41) is 10.7. The molecule has 0 rings (SSSR count). The van der Waals surface area contributed by atoms with Crippen molar-refractivity contribution in [3.63, 3.8) is 0 Å². The maximum Gasteiger partial charge on any atom is 0.472 e. The molecular weight excluding hydrogens is 1410 g/mol. The van der Waals surface area contributed by atoms with Gasteiger partial charge in [-0.15, -0.1) is 0 Å². The van der Waals surface area contributed by atoms with Crippen molar-refractivity contribution < 1.29 is 80.2 Å². The summed E-state index contributed by atoms with van der Waals surface area (Å²) in [7, 11) is -9.93. The number of carbonyl (C=O) groups is 4. The lowest BCUT2D eigenvalue weighted by molar-refractivity contribution is -0.161. The summed E-state index contributed by atoms with van der Waals surface area (Å²) in [4.78, 5) is 73.3. The minimum atomic E-state index is -4.97. The molecule has 0 aliphatic carbocycles. The van der Waals surface area contributed by atoms with Gasteiger partial charge in [0.1, 0.15) is 19.3 Å². The van der Waals surface area contributed by atoms with Gasteiger partial charge >= 0.3 is 39.5 Å². The molecule has 0 aromatic heterocycles. The molecule has 0 saturated heterocycles. The first-order valence-electron chi connectivity index (χ1n) is 46.2. The van der Waals surface area contributed by atoms with Gasteiger partial charge in [-0.2, -0.15) is 0 Å². The van der Waals surface area contributed by atoms with E-state index in [0.717, 1.165) is 114 Å². The third kappa shape index (κ3) is 83.8. The second kappa shape index (κ2) is 78.6. The molecule has 0 heterocycles. The Labute approximate surface area is 670 Å². The van der Waals surface area contributed by atoms with Crippen molar-refractivity contribution in [3.8, 4) is 0 Å². The van der Waals surface area contributed by atoms with E-state index in [2.05, 4.69) is 55.4 Å². The summed E-state index contributed by atoms with van der Waals surface area (Å²) in [5.41, 5.74) is 0. The van der Waals surface area contributed by atoms with Crippen LogP contribution >= 0.6 is 15.6 Å². The van der Waals surface area contributed by atoms with Crippen LogP contribution in [0.2, 0.25) is 0 Å². The zero-order chi connectivity index (χ0) is 80.2. The fourth-order valence-corrected chi connectivity index (χ4v) is 15.6. The molecule has 19 heteroatoms. The zero-order valence-corrected chi connectivity index (χ0v) is 74.0. The van der Waals surface area contributed by atoms with Gasteiger partial charge in [0.2, 0.25) is 0 Å². The van der Waals surface area contributed by atoms with Crippen molar-refractivity contribution >= 4 is 39.5 Å². The molecule has 648 valence electrons. The van der Waals surface area contributed by atoms with E-state index in [9.17, 15) is 43.2 Å². The van der Waals surface area contributed by atoms with Crippen LogP contribution in [-0.2, 0) is 65.4 Å². The van der Waals surface area contributed by atoms with E-state index in [0.29, 0.717) is 31.6 Å². The number of unbranched alkanes of at least 4 members (excludes halogenated alkanes) is 53. The van der Waals surface area contributed by atoms with Crippen molar-refractivity contribution in [2.75, 3.05) is 39.6 Å². The van der Waals surface area contributed by atoms with Crippen LogP contribution in [0.3, 0.4) is 0 Å². The molecule has 0 aliphatic rings. The molecule has 109 heavy (non-hydrogen) atoms. The number of hydrogen-bond donors (Lipinski definition) is 3. The molecule has 0 saturated carbocycles. The highest BCUT2D eigenvalue weighted by Crippen LogP contribution is 2.45. The summed E-state index contributed by atoms with van der Waals surface area (Å²) in [5.74, 6) is 1.04. The number of phosphoric acid groups is 2. The Hall–Kier alpha value is -1.94. The molecule has 5 atom stereocenters. The van der Waals surface area contributed by atoms with Crippen molar-refractivity contribution in [1.29, 1.82) is 0 Å². The van der Waals surface area contributed by atoms with E-state index in [1.165, 1.54) is 270 Å². The first-order chi connectivity index (χ1) is 52.6. The van der Waals surface area contributed by atoms with Crippen molar-refractivity contribution in [2.45, 2.75) is 491 Å². The Bertz CT molecular complexity index is 2110. The van der Waals surface area contributed by atoms with Crippen molar-refractivity contribution in [2.24, 2.45) is 23.7 Å². The Morgan fingerprint density at radius 2 is 0.385 bits per heavy atom. The van der Waals surface area contributed by atoms with Gasteiger partial charge in [-0.25, -0.2) is 9.13 Å². The molecule has 0 bridgehead atoms. The van der Waals surface area contributed by atoms with Gasteiger partial charge in [-0.3, -0.25) is 37.3 Å². The van der Waals surface area contributed by atoms with E-state index in [-0.39, 0.29) is 25.7 Å². The minimum Gasteiger partial charge on any atom is -0.462 e. The van der Waals surface area contributed by atoms with Crippen LogP contribution in [0.4, 0.5) is 0 Å². The van der Waals surface area contributed by atoms with E-state index in [4.69, 9.17) is 37.0 Å². The van der Waals surface area contributed by atoms with E-state index >= 15 is 0 Å². The predicted molar refractivity (Wildman–Crippen MR) is 451 cm³/mol. The van der Waals surface area contributed by atoms with Crippen LogP contribution in [0, 0.1) is 23.7 Å². The zero-order valence-electron chi connectivity index (χ0n) is 72.2. The number of rotatable bonds is 87. The molecule has 3 unspecified atom stereocenters. The number of esters is 4. The maximum atomic E-state index is 13.2. The van der Waals surface area contributed by atoms with E-state index in [1.807, 2.05) is 0 Å². The van der Waals surface area contributed by atoms with Crippen LogP contribution in [0.15, 0.2) is 0 Å². The van der Waals surface area contributed by atoms with Gasteiger partial charge in [0.05, 0.1) is 26.4 Å². The number of aliphatic hydroxyl groups is 1. The summed E-state index contributed by atoms with van der Waals surface area (Å²) >= 11 is 0. The van der Waals surface area contributed by atoms with Crippen LogP contribution < -0.4 is 0 Å². The molecule has 0 fully saturated rings. The third-order valence-corrected chi connectivity index (χ3v) is 23.0. The number of hydrogen-bond acceptors (Lipinski definition) is 15. The Kier molecular flexibility index (Phi) is 77.2. The summed E-state index contributed by atoms with van der Waals surface area (Å²) in [6.45, 7) is 14.3. The number of ether oxygens (including phenoxy) is 4. The Balaban J connectivity index is 5.20. The van der Waals surface area contributed by atoms with Crippen LogP contribution in [0.5, 0.6) is 0 Å². The van der Waals surface area contributed by atoms with Crippen LogP contribution in [0.25, 0.3) is 0 Å². The quantitative estimate of drug-likeness (QED) is 0.0222. The van der Waals surface area contributed by atoms with Gasteiger partial charge in [0.25, 0.3) is 0 Å². The molecule has 0 spiro atoms. The van der Waals surface area contributed by atoms with E-state index in [1.54, 1.807) is 0 Å². The largest absolute Gasteiger partial charge is 0.472 e. The average Bonchev–Trinajstić information content (AvgIpc) is 0.907. The van der Waals surface area contributed by atoms with Gasteiger partial charge in [-0.05, 0) is 49.4 Å². The highest BCUT2D eigenvalue weighted by atomic mass is 31.2. The van der Waals surface area contributed by atoms with E-state index < -0.39 is 97.5 Å². The molecule has 0 amide bonds. The summed E-state index contributed by atoms with van der Waals surface area (Å²) in [6.07, 6.45) is 69.6. The fourth-order valence-electron chi connectivity index (χ4n) is 14.0. The first-order valence-corrected chi connectivity index (χ1v) is 49.2. The first kappa shape index (κ1) is 107. The topological polar surface area (TPSA) is 237 Å². The number of carbonyl (C=O) groups excluding carboxylic acids is 4. The molecule has 0 aromatic carbocycles. The second-order valence-electron chi connectivity index (χ2n) is 34.2. The SMILES string of the molecule is CC(C)CCCCCCCCCCCCCCCCCCCCC(=O)OC[C@H](COP(=O)(O)OCC(O)COP(=O)(O)OC[C@@H](COC(=O)CCCCCCCCCC(C)C)OC(=O)CCCCCCCCCCCCCCCCCCCCC(C)C)OC(=O)CCCCCCCCCCCCCCCCC(C)C. The highest BCUT2D eigenvalue weighted by Gasteiger charge is 2.31.